The summed E-state index contributed by atoms with van der Waals surface area (Å²) in [5.41, 5.74) is -0.780. The molecule has 2 heterocycles. The Bertz CT molecular complexity index is 988. The molecule has 1 N–H and O–H groups in total. The lowest BCUT2D eigenvalue weighted by atomic mass is 10.2. The van der Waals surface area contributed by atoms with Crippen molar-refractivity contribution in [2.45, 2.75) is 19.6 Å². The van der Waals surface area contributed by atoms with E-state index < -0.39 is 17.6 Å². The molecular weight excluding hydrogens is 367 g/mol. The number of carbonyl (C=O) groups excluding carboxylic acids is 1. The van der Waals surface area contributed by atoms with E-state index in [9.17, 15) is 18.0 Å². The van der Waals surface area contributed by atoms with Crippen LogP contribution in [0.25, 0.3) is 0 Å². The van der Waals surface area contributed by atoms with Crippen molar-refractivity contribution in [3.8, 4) is 0 Å². The molecule has 2 aromatic heterocycles. The Morgan fingerprint density at radius 1 is 1.23 bits per heavy atom. The number of aromatic nitrogens is 4. The average molecular weight is 381 g/mol. The van der Waals surface area contributed by atoms with Crippen molar-refractivity contribution >= 4 is 23.8 Å². The minimum absolute atomic E-state index is 0.0536. The van der Waals surface area contributed by atoms with Crippen molar-refractivity contribution in [2.75, 3.05) is 5.32 Å². The van der Waals surface area contributed by atoms with Gasteiger partial charge in [0.05, 0.1) is 5.56 Å². The largest absolute Gasteiger partial charge is 0.416 e. The minimum Gasteiger partial charge on any atom is -0.324 e. The van der Waals surface area contributed by atoms with Gasteiger partial charge >= 0.3 is 6.18 Å². The number of aryl methyl sites for hydroxylation is 1. The van der Waals surface area contributed by atoms with Gasteiger partial charge in [-0.25, -0.2) is 9.36 Å². The maximum absolute atomic E-state index is 12.7. The lowest BCUT2D eigenvalue weighted by Crippen LogP contribution is -2.20. The van der Waals surface area contributed by atoms with E-state index in [-0.39, 0.29) is 17.0 Å². The van der Waals surface area contributed by atoms with Crippen LogP contribution < -0.4 is 5.32 Å². The number of hydrogen-bond acceptors (Lipinski definition) is 3. The van der Waals surface area contributed by atoms with E-state index in [1.165, 1.54) is 16.8 Å². The Morgan fingerprint density at radius 3 is 2.58 bits per heavy atom. The molecule has 0 aliphatic heterocycles. The van der Waals surface area contributed by atoms with E-state index in [0.717, 1.165) is 12.1 Å². The van der Waals surface area contributed by atoms with Gasteiger partial charge in [0.2, 0.25) is 10.7 Å². The smallest absolute Gasteiger partial charge is 0.324 e. The summed E-state index contributed by atoms with van der Waals surface area (Å²) in [6.45, 7) is 1.52. The number of alkyl halides is 3. The van der Waals surface area contributed by atoms with E-state index in [1.54, 1.807) is 28.7 Å². The number of benzene rings is 1. The molecule has 0 atom stereocenters. The first-order chi connectivity index (χ1) is 12.3. The Morgan fingerprint density at radius 2 is 1.92 bits per heavy atom. The van der Waals surface area contributed by atoms with Crippen LogP contribution >= 0.6 is 12.2 Å². The van der Waals surface area contributed by atoms with Gasteiger partial charge in [0.25, 0.3) is 0 Å². The van der Waals surface area contributed by atoms with E-state index in [0.29, 0.717) is 5.82 Å². The summed E-state index contributed by atoms with van der Waals surface area (Å²) in [6.07, 6.45) is -0.926. The molecule has 0 radical (unpaired) electrons. The standard InChI is InChI=1S/C16H14F3N5OS/c1-11-21-23(15(26)24(11)22-7-2-3-8-22)10-14(25)20-13-6-4-5-12(9-13)16(17,18)19/h2-9H,10H2,1H3,(H,20,25). The van der Waals surface area contributed by atoms with E-state index in [1.807, 2.05) is 12.1 Å². The topological polar surface area (TPSA) is 56.8 Å². The Kier molecular flexibility index (Phi) is 4.68. The molecular formula is C16H14F3N5OS. The summed E-state index contributed by atoms with van der Waals surface area (Å²) in [7, 11) is 0. The van der Waals surface area contributed by atoms with Crippen LogP contribution in [0.5, 0.6) is 0 Å². The van der Waals surface area contributed by atoms with Gasteiger partial charge in [0.15, 0.2) is 0 Å². The normalized spacial score (nSPS) is 11.5. The molecule has 0 saturated heterocycles. The fourth-order valence-electron chi connectivity index (χ4n) is 2.45. The lowest BCUT2D eigenvalue weighted by molar-refractivity contribution is -0.137. The van der Waals surface area contributed by atoms with Gasteiger partial charge in [-0.2, -0.15) is 18.3 Å². The number of rotatable bonds is 4. The maximum Gasteiger partial charge on any atom is 0.416 e. The number of hydrogen-bond donors (Lipinski definition) is 1. The van der Waals surface area contributed by atoms with Gasteiger partial charge < -0.3 is 5.32 Å². The number of halogens is 3. The summed E-state index contributed by atoms with van der Waals surface area (Å²) in [5.74, 6) is 0.0376. The molecule has 0 unspecified atom stereocenters. The van der Waals surface area contributed by atoms with Crippen molar-refractivity contribution in [2.24, 2.45) is 0 Å². The first-order valence-electron chi connectivity index (χ1n) is 7.53. The van der Waals surface area contributed by atoms with Crippen molar-refractivity contribution in [1.29, 1.82) is 0 Å². The van der Waals surface area contributed by atoms with Crippen molar-refractivity contribution < 1.29 is 18.0 Å². The highest BCUT2D eigenvalue weighted by Crippen LogP contribution is 2.30. The highest BCUT2D eigenvalue weighted by molar-refractivity contribution is 7.71. The van der Waals surface area contributed by atoms with Gasteiger partial charge in [-0.3, -0.25) is 9.47 Å². The fourth-order valence-corrected chi connectivity index (χ4v) is 2.78. The summed E-state index contributed by atoms with van der Waals surface area (Å²) in [6, 6.07) is 8.07. The molecule has 0 spiro atoms. The fraction of sp³-hybridized carbons (Fsp3) is 0.188. The molecule has 10 heteroatoms. The van der Waals surface area contributed by atoms with Crippen molar-refractivity contribution in [1.82, 2.24) is 19.1 Å². The number of nitrogens with one attached hydrogen (secondary N) is 1. The van der Waals surface area contributed by atoms with Gasteiger partial charge in [0.1, 0.15) is 12.4 Å². The second-order valence-corrected chi connectivity index (χ2v) is 5.85. The van der Waals surface area contributed by atoms with Crippen LogP contribution in [0.4, 0.5) is 18.9 Å². The molecule has 0 bridgehead atoms. The molecule has 6 nitrogen and oxygen atoms in total. The Labute approximate surface area is 151 Å². The van der Waals surface area contributed by atoms with Crippen LogP contribution in [0.2, 0.25) is 0 Å². The Balaban J connectivity index is 1.78. The maximum atomic E-state index is 12.7. The number of amides is 1. The first-order valence-corrected chi connectivity index (χ1v) is 7.94. The van der Waals surface area contributed by atoms with Crippen LogP contribution in [0.3, 0.4) is 0 Å². The molecule has 1 amide bonds. The molecule has 0 aliphatic carbocycles. The van der Waals surface area contributed by atoms with Crippen LogP contribution in [0.1, 0.15) is 11.4 Å². The number of nitrogens with zero attached hydrogens (tertiary/aromatic N) is 4. The average Bonchev–Trinajstić information content (AvgIpc) is 3.15. The van der Waals surface area contributed by atoms with Crippen molar-refractivity contribution in [3.05, 3.63) is 65.0 Å². The van der Waals surface area contributed by atoms with E-state index in [4.69, 9.17) is 12.2 Å². The van der Waals surface area contributed by atoms with Gasteiger partial charge in [-0.15, -0.1) is 0 Å². The first kappa shape index (κ1) is 17.9. The molecule has 1 aromatic carbocycles. The lowest BCUT2D eigenvalue weighted by Gasteiger charge is -2.10. The van der Waals surface area contributed by atoms with E-state index in [2.05, 4.69) is 10.4 Å². The quantitative estimate of drug-likeness (QED) is 0.704. The third-order valence-electron chi connectivity index (χ3n) is 3.56. The second kappa shape index (κ2) is 6.79. The van der Waals surface area contributed by atoms with Crippen LogP contribution in [-0.2, 0) is 17.5 Å². The van der Waals surface area contributed by atoms with Gasteiger partial charge in [0, 0.05) is 18.1 Å². The summed E-state index contributed by atoms with van der Waals surface area (Å²) in [4.78, 5) is 12.2. The third kappa shape index (κ3) is 3.69. The predicted octanol–water partition coefficient (Wildman–Crippen LogP) is 3.49. The zero-order chi connectivity index (χ0) is 18.9. The molecule has 0 aliphatic rings. The highest BCUT2D eigenvalue weighted by atomic mass is 32.1. The third-order valence-corrected chi connectivity index (χ3v) is 3.94. The number of anilines is 1. The summed E-state index contributed by atoms with van der Waals surface area (Å²) >= 11 is 5.33. The summed E-state index contributed by atoms with van der Waals surface area (Å²) in [5, 5.41) is 6.65. The zero-order valence-corrected chi connectivity index (χ0v) is 14.4. The molecule has 26 heavy (non-hydrogen) atoms. The SMILES string of the molecule is Cc1nn(CC(=O)Nc2cccc(C(F)(F)F)c2)c(=S)n1-n1cccc1. The van der Waals surface area contributed by atoms with Crippen molar-refractivity contribution in [3.63, 3.8) is 0 Å². The Hall–Kier alpha value is -2.88. The molecule has 3 rings (SSSR count). The number of carbonyl (C=O) groups is 1. The van der Waals surface area contributed by atoms with Gasteiger partial charge in [-0.1, -0.05) is 6.07 Å². The van der Waals surface area contributed by atoms with Crippen LogP contribution in [-0.4, -0.2) is 25.0 Å². The summed E-state index contributed by atoms with van der Waals surface area (Å²) < 4.78 is 43.2. The predicted molar refractivity (Wildman–Crippen MR) is 91.1 cm³/mol. The molecule has 136 valence electrons. The van der Waals surface area contributed by atoms with Crippen LogP contribution in [0.15, 0.2) is 48.8 Å². The minimum atomic E-state index is -4.48. The van der Waals surface area contributed by atoms with E-state index >= 15 is 0 Å². The highest BCUT2D eigenvalue weighted by Gasteiger charge is 2.30. The monoisotopic (exact) mass is 381 g/mol. The van der Waals surface area contributed by atoms with Gasteiger partial charge in [-0.05, 0) is 49.5 Å². The second-order valence-electron chi connectivity index (χ2n) is 5.49. The molecule has 0 fully saturated rings. The molecule has 3 aromatic rings. The van der Waals surface area contributed by atoms with Crippen LogP contribution in [0, 0.1) is 11.7 Å². The zero-order valence-electron chi connectivity index (χ0n) is 13.6. The molecule has 0 saturated carbocycles.